The Morgan fingerprint density at radius 3 is 2.82 bits per heavy atom. The number of nitrogen functional groups attached to an aromatic ring is 1. The first kappa shape index (κ1) is 11.1. The first-order chi connectivity index (χ1) is 8.19. The average Bonchev–Trinajstić information content (AvgIpc) is 2.94. The molecule has 0 saturated heterocycles. The molecule has 2 N–H and O–H groups in total. The van der Waals surface area contributed by atoms with E-state index in [4.69, 9.17) is 5.73 Å². The maximum absolute atomic E-state index is 11.1. The number of carbonyl (C=O) groups is 1. The summed E-state index contributed by atoms with van der Waals surface area (Å²) in [6.07, 6.45) is 3.24. The molecule has 2 aromatic heterocycles. The Morgan fingerprint density at radius 1 is 1.41 bits per heavy atom. The molecular weight excluding hydrogens is 224 g/mol. The van der Waals surface area contributed by atoms with Gasteiger partial charge in [0.05, 0.1) is 20.2 Å². The highest BCUT2D eigenvalue weighted by molar-refractivity contribution is 5.84. The van der Waals surface area contributed by atoms with E-state index in [9.17, 15) is 4.79 Å². The van der Waals surface area contributed by atoms with Crippen LogP contribution in [0.15, 0.2) is 18.6 Å². The van der Waals surface area contributed by atoms with Crippen LogP contribution in [0.1, 0.15) is 10.6 Å². The molecule has 0 aliphatic carbocycles. The molecule has 0 saturated carbocycles. The van der Waals surface area contributed by atoms with Crippen molar-refractivity contribution in [2.24, 2.45) is 0 Å². The van der Waals surface area contributed by atoms with Crippen LogP contribution in [0.25, 0.3) is 0 Å². The summed E-state index contributed by atoms with van der Waals surface area (Å²) in [6.45, 7) is 1.15. The van der Waals surface area contributed by atoms with Gasteiger partial charge in [-0.2, -0.15) is 5.10 Å². The molecule has 0 aliphatic heterocycles. The van der Waals surface area contributed by atoms with Gasteiger partial charge in [-0.15, -0.1) is 5.10 Å². The van der Waals surface area contributed by atoms with Crippen LogP contribution in [0.4, 0.5) is 5.82 Å². The van der Waals surface area contributed by atoms with Gasteiger partial charge >= 0.3 is 5.97 Å². The predicted octanol–water partition coefficient (Wildman–Crippen LogP) is -0.456. The zero-order valence-electron chi connectivity index (χ0n) is 9.28. The molecule has 0 atom stereocenters. The van der Waals surface area contributed by atoms with Gasteiger partial charge in [0.1, 0.15) is 12.1 Å². The summed E-state index contributed by atoms with van der Waals surface area (Å²) in [7, 11) is 1.29. The SMILES string of the molecule is COC(=O)c1ncn(CCn2ccc(N)n2)n1. The number of rotatable bonds is 4. The van der Waals surface area contributed by atoms with Gasteiger partial charge < -0.3 is 10.5 Å². The van der Waals surface area contributed by atoms with Gasteiger partial charge in [-0.25, -0.2) is 9.78 Å². The van der Waals surface area contributed by atoms with Gasteiger partial charge in [0.25, 0.3) is 5.82 Å². The van der Waals surface area contributed by atoms with E-state index >= 15 is 0 Å². The lowest BCUT2D eigenvalue weighted by atomic mass is 10.6. The van der Waals surface area contributed by atoms with E-state index in [0.717, 1.165) is 0 Å². The second-order valence-electron chi connectivity index (χ2n) is 3.33. The molecule has 0 amide bonds. The van der Waals surface area contributed by atoms with E-state index in [1.807, 2.05) is 0 Å². The second-order valence-corrected chi connectivity index (χ2v) is 3.33. The summed E-state index contributed by atoms with van der Waals surface area (Å²) in [5.74, 6) is -0.0293. The Morgan fingerprint density at radius 2 is 2.18 bits per heavy atom. The minimum Gasteiger partial charge on any atom is -0.463 e. The van der Waals surface area contributed by atoms with E-state index in [0.29, 0.717) is 18.9 Å². The molecule has 0 fully saturated rings. The first-order valence-corrected chi connectivity index (χ1v) is 4.96. The summed E-state index contributed by atoms with van der Waals surface area (Å²) in [5, 5.41) is 7.99. The van der Waals surface area contributed by atoms with E-state index in [1.165, 1.54) is 13.4 Å². The average molecular weight is 236 g/mol. The molecule has 17 heavy (non-hydrogen) atoms. The lowest BCUT2D eigenvalue weighted by Gasteiger charge is -2.00. The Labute approximate surface area is 97.0 Å². The van der Waals surface area contributed by atoms with Crippen molar-refractivity contribution in [1.29, 1.82) is 0 Å². The van der Waals surface area contributed by atoms with Gasteiger partial charge in [0.2, 0.25) is 0 Å². The normalized spacial score (nSPS) is 10.4. The van der Waals surface area contributed by atoms with Crippen LogP contribution in [0.3, 0.4) is 0 Å². The quantitative estimate of drug-likeness (QED) is 0.721. The summed E-state index contributed by atoms with van der Waals surface area (Å²) in [4.78, 5) is 14.9. The fraction of sp³-hybridized carbons (Fsp3) is 0.333. The molecule has 0 spiro atoms. The molecule has 2 heterocycles. The summed E-state index contributed by atoms with van der Waals surface area (Å²) in [5.41, 5.74) is 5.48. The number of methoxy groups -OCH3 is 1. The van der Waals surface area contributed by atoms with Crippen molar-refractivity contribution in [2.75, 3.05) is 12.8 Å². The Kier molecular flexibility index (Phi) is 3.03. The standard InChI is InChI=1S/C9H12N6O2/c1-17-9(16)8-11-6-15(13-8)5-4-14-3-2-7(10)12-14/h2-3,6H,4-5H2,1H3,(H2,10,12). The van der Waals surface area contributed by atoms with Crippen LogP contribution < -0.4 is 5.73 Å². The molecule has 0 radical (unpaired) electrons. The lowest BCUT2D eigenvalue weighted by Crippen LogP contribution is -2.10. The number of anilines is 1. The summed E-state index contributed by atoms with van der Waals surface area (Å²) < 4.78 is 7.74. The number of ether oxygens (including phenoxy) is 1. The fourth-order valence-corrected chi connectivity index (χ4v) is 1.29. The smallest absolute Gasteiger partial charge is 0.377 e. The lowest BCUT2D eigenvalue weighted by molar-refractivity contribution is 0.0586. The zero-order chi connectivity index (χ0) is 12.3. The number of aryl methyl sites for hydroxylation is 2. The van der Waals surface area contributed by atoms with Crippen molar-refractivity contribution in [3.63, 3.8) is 0 Å². The van der Waals surface area contributed by atoms with Gasteiger partial charge in [-0.05, 0) is 6.07 Å². The molecule has 0 aromatic carbocycles. The second kappa shape index (κ2) is 4.64. The van der Waals surface area contributed by atoms with Gasteiger partial charge in [-0.3, -0.25) is 9.36 Å². The van der Waals surface area contributed by atoms with Gasteiger partial charge in [0, 0.05) is 6.20 Å². The summed E-state index contributed by atoms with van der Waals surface area (Å²) in [6, 6.07) is 1.71. The maximum Gasteiger partial charge on any atom is 0.377 e. The third-order valence-corrected chi connectivity index (χ3v) is 2.12. The van der Waals surface area contributed by atoms with Crippen molar-refractivity contribution in [3.05, 3.63) is 24.4 Å². The third kappa shape index (κ3) is 2.60. The number of aromatic nitrogens is 5. The molecule has 8 nitrogen and oxygen atoms in total. The van der Waals surface area contributed by atoms with Crippen molar-refractivity contribution in [1.82, 2.24) is 24.5 Å². The molecule has 2 rings (SSSR count). The van der Waals surface area contributed by atoms with E-state index in [2.05, 4.69) is 19.9 Å². The van der Waals surface area contributed by atoms with Crippen molar-refractivity contribution < 1.29 is 9.53 Å². The Balaban J connectivity index is 1.95. The van der Waals surface area contributed by atoms with Crippen LogP contribution in [0, 0.1) is 0 Å². The molecule has 0 bridgehead atoms. The van der Waals surface area contributed by atoms with Crippen LogP contribution in [-0.4, -0.2) is 37.6 Å². The number of hydrogen-bond acceptors (Lipinski definition) is 6. The molecule has 8 heteroatoms. The third-order valence-electron chi connectivity index (χ3n) is 2.12. The minimum atomic E-state index is -0.549. The zero-order valence-corrected chi connectivity index (χ0v) is 9.28. The fourth-order valence-electron chi connectivity index (χ4n) is 1.29. The van der Waals surface area contributed by atoms with Crippen molar-refractivity contribution in [3.8, 4) is 0 Å². The topological polar surface area (TPSA) is 101 Å². The van der Waals surface area contributed by atoms with Gasteiger partial charge in [0.15, 0.2) is 0 Å². The number of nitrogens with two attached hydrogens (primary N) is 1. The van der Waals surface area contributed by atoms with Crippen LogP contribution in [0.5, 0.6) is 0 Å². The molecule has 0 unspecified atom stereocenters. The Hall–Kier alpha value is -2.38. The number of carbonyl (C=O) groups excluding carboxylic acids is 1. The van der Waals surface area contributed by atoms with Crippen molar-refractivity contribution in [2.45, 2.75) is 13.1 Å². The van der Waals surface area contributed by atoms with E-state index < -0.39 is 5.97 Å². The number of nitrogens with zero attached hydrogens (tertiary/aromatic N) is 5. The number of hydrogen-bond donors (Lipinski definition) is 1. The minimum absolute atomic E-state index is 0.0486. The van der Waals surface area contributed by atoms with Crippen LogP contribution in [0.2, 0.25) is 0 Å². The maximum atomic E-state index is 11.1. The summed E-state index contributed by atoms with van der Waals surface area (Å²) >= 11 is 0. The predicted molar refractivity (Wildman–Crippen MR) is 58.0 cm³/mol. The van der Waals surface area contributed by atoms with E-state index in [1.54, 1.807) is 21.6 Å². The van der Waals surface area contributed by atoms with Gasteiger partial charge in [-0.1, -0.05) is 0 Å². The van der Waals surface area contributed by atoms with Crippen molar-refractivity contribution >= 4 is 11.8 Å². The van der Waals surface area contributed by atoms with Crippen LogP contribution in [-0.2, 0) is 17.8 Å². The molecule has 2 aromatic rings. The first-order valence-electron chi connectivity index (χ1n) is 4.96. The number of esters is 1. The van der Waals surface area contributed by atoms with Crippen LogP contribution >= 0.6 is 0 Å². The highest BCUT2D eigenvalue weighted by atomic mass is 16.5. The largest absolute Gasteiger partial charge is 0.463 e. The highest BCUT2D eigenvalue weighted by Crippen LogP contribution is 1.97. The highest BCUT2D eigenvalue weighted by Gasteiger charge is 2.10. The molecule has 90 valence electrons. The van der Waals surface area contributed by atoms with E-state index in [-0.39, 0.29) is 5.82 Å². The molecule has 0 aliphatic rings. The monoisotopic (exact) mass is 236 g/mol. The molecular formula is C9H12N6O2. The Bertz CT molecular complexity index is 517.